The molecule has 1 unspecified atom stereocenters. The van der Waals surface area contributed by atoms with Crippen molar-refractivity contribution in [2.24, 2.45) is 10.3 Å². The Morgan fingerprint density at radius 2 is 2.12 bits per heavy atom. The Morgan fingerprint density at radius 3 is 2.75 bits per heavy atom. The first-order chi connectivity index (χ1) is 7.39. The molecule has 86 valence electrons. The molecular weight excluding hydrogens is 230 g/mol. The zero-order chi connectivity index (χ0) is 11.9. The number of halogens is 4. The summed E-state index contributed by atoms with van der Waals surface area (Å²) in [6.45, 7) is 0. The summed E-state index contributed by atoms with van der Waals surface area (Å²) in [6, 6.07) is -1.08. The number of amides is 1. The smallest absolute Gasteiger partial charge is 0.262 e. The van der Waals surface area contributed by atoms with E-state index in [-0.39, 0.29) is 17.1 Å². The van der Waals surface area contributed by atoms with E-state index in [2.05, 4.69) is 10.3 Å². The summed E-state index contributed by atoms with van der Waals surface area (Å²) in [5.74, 6) is -2.75. The van der Waals surface area contributed by atoms with Gasteiger partial charge < -0.3 is 0 Å². The lowest BCUT2D eigenvalue weighted by molar-refractivity contribution is -0.186. The molecule has 1 heterocycles. The van der Waals surface area contributed by atoms with Gasteiger partial charge >= 0.3 is 12.1 Å². The second-order valence-electron chi connectivity index (χ2n) is 3.26. The van der Waals surface area contributed by atoms with Gasteiger partial charge in [-0.1, -0.05) is 5.22 Å². The molecule has 2 aliphatic rings. The maximum Gasteiger partial charge on any atom is 0.473 e. The molecule has 1 atom stereocenters. The van der Waals surface area contributed by atoms with Crippen molar-refractivity contribution in [3.63, 3.8) is 0 Å². The molecule has 0 saturated carbocycles. The summed E-state index contributed by atoms with van der Waals surface area (Å²) < 4.78 is 49.3. The fourth-order valence-corrected chi connectivity index (χ4v) is 1.43. The van der Waals surface area contributed by atoms with E-state index in [1.54, 1.807) is 0 Å². The minimum absolute atomic E-state index is 0.152. The molecule has 0 saturated heterocycles. The SMILES string of the molecule is O=C(N1N=NC2=CC=C(F)CC21)C(F)(F)F. The van der Waals surface area contributed by atoms with Gasteiger partial charge in [0.1, 0.15) is 11.9 Å². The first-order valence-electron chi connectivity index (χ1n) is 4.28. The van der Waals surface area contributed by atoms with Crippen molar-refractivity contribution in [3.05, 3.63) is 23.7 Å². The highest BCUT2D eigenvalue weighted by Crippen LogP contribution is 2.33. The summed E-state index contributed by atoms with van der Waals surface area (Å²) in [6.07, 6.45) is -3.07. The van der Waals surface area contributed by atoms with Crippen LogP contribution in [0.1, 0.15) is 6.42 Å². The lowest BCUT2D eigenvalue weighted by Crippen LogP contribution is -2.42. The summed E-state index contributed by atoms with van der Waals surface area (Å²) in [5.41, 5.74) is 0.152. The second-order valence-corrected chi connectivity index (χ2v) is 3.26. The Bertz CT molecular complexity index is 423. The van der Waals surface area contributed by atoms with Crippen LogP contribution in [0.15, 0.2) is 34.0 Å². The van der Waals surface area contributed by atoms with Gasteiger partial charge in [0.05, 0.1) is 5.70 Å². The van der Waals surface area contributed by atoms with Crippen LogP contribution >= 0.6 is 0 Å². The van der Waals surface area contributed by atoms with E-state index < -0.39 is 24.0 Å². The van der Waals surface area contributed by atoms with Crippen molar-refractivity contribution in [3.8, 4) is 0 Å². The van der Waals surface area contributed by atoms with Crippen molar-refractivity contribution in [2.75, 3.05) is 0 Å². The van der Waals surface area contributed by atoms with Crippen LogP contribution in [0, 0.1) is 0 Å². The van der Waals surface area contributed by atoms with Crippen LogP contribution in [0.4, 0.5) is 17.6 Å². The molecule has 1 aliphatic heterocycles. The molecule has 0 aromatic rings. The maximum absolute atomic E-state index is 12.9. The van der Waals surface area contributed by atoms with Crippen LogP contribution in [0.2, 0.25) is 0 Å². The van der Waals surface area contributed by atoms with Gasteiger partial charge in [0.15, 0.2) is 0 Å². The van der Waals surface area contributed by atoms with E-state index in [1.807, 2.05) is 0 Å². The predicted molar refractivity (Wildman–Crippen MR) is 43.4 cm³/mol. The van der Waals surface area contributed by atoms with Crippen LogP contribution in [0.25, 0.3) is 0 Å². The normalized spacial score (nSPS) is 24.0. The molecule has 8 heteroatoms. The van der Waals surface area contributed by atoms with Crippen molar-refractivity contribution in [2.45, 2.75) is 18.6 Å². The van der Waals surface area contributed by atoms with Gasteiger partial charge in [0.2, 0.25) is 0 Å². The van der Waals surface area contributed by atoms with Gasteiger partial charge in [0.25, 0.3) is 0 Å². The van der Waals surface area contributed by atoms with Gasteiger partial charge in [0, 0.05) is 6.42 Å². The Kier molecular flexibility index (Phi) is 2.28. The van der Waals surface area contributed by atoms with E-state index in [4.69, 9.17) is 0 Å². The average Bonchev–Trinajstić information content (AvgIpc) is 2.57. The summed E-state index contributed by atoms with van der Waals surface area (Å²) in [5, 5.41) is 6.65. The first-order valence-corrected chi connectivity index (χ1v) is 4.28. The largest absolute Gasteiger partial charge is 0.473 e. The van der Waals surface area contributed by atoms with Crippen LogP contribution in [-0.4, -0.2) is 23.1 Å². The monoisotopic (exact) mass is 235 g/mol. The highest BCUT2D eigenvalue weighted by Gasteiger charge is 2.48. The molecule has 1 aliphatic carbocycles. The first kappa shape index (κ1) is 10.8. The molecule has 0 bridgehead atoms. The molecular formula is C8H5F4N3O. The number of alkyl halides is 3. The maximum atomic E-state index is 12.9. The van der Waals surface area contributed by atoms with Crippen LogP contribution in [0.3, 0.4) is 0 Å². The highest BCUT2D eigenvalue weighted by atomic mass is 19.4. The Labute approximate surface area is 86.9 Å². The van der Waals surface area contributed by atoms with Crippen molar-refractivity contribution in [1.29, 1.82) is 0 Å². The lowest BCUT2D eigenvalue weighted by Gasteiger charge is -2.22. The summed E-state index contributed by atoms with van der Waals surface area (Å²) in [4.78, 5) is 10.9. The fraction of sp³-hybridized carbons (Fsp3) is 0.375. The van der Waals surface area contributed by atoms with Gasteiger partial charge in [-0.15, -0.1) is 5.11 Å². The third-order valence-corrected chi connectivity index (χ3v) is 2.17. The zero-order valence-corrected chi connectivity index (χ0v) is 7.70. The van der Waals surface area contributed by atoms with E-state index in [0.717, 1.165) is 6.08 Å². The number of nitrogens with zero attached hydrogens (tertiary/aromatic N) is 3. The van der Waals surface area contributed by atoms with E-state index >= 15 is 0 Å². The molecule has 4 nitrogen and oxygen atoms in total. The zero-order valence-electron chi connectivity index (χ0n) is 7.70. The number of rotatable bonds is 0. The van der Waals surface area contributed by atoms with E-state index in [9.17, 15) is 22.4 Å². The van der Waals surface area contributed by atoms with Crippen LogP contribution < -0.4 is 0 Å². The number of hydrogen-bond donors (Lipinski definition) is 0. The molecule has 2 rings (SSSR count). The lowest BCUT2D eigenvalue weighted by atomic mass is 10.0. The topological polar surface area (TPSA) is 45.0 Å². The van der Waals surface area contributed by atoms with Gasteiger partial charge in [-0.25, -0.2) is 4.39 Å². The second kappa shape index (κ2) is 3.39. The van der Waals surface area contributed by atoms with Crippen LogP contribution in [0.5, 0.6) is 0 Å². The Balaban J connectivity index is 2.23. The number of allylic oxidation sites excluding steroid dienone is 2. The van der Waals surface area contributed by atoms with Gasteiger partial charge in [-0.2, -0.15) is 18.2 Å². The molecule has 0 spiro atoms. The van der Waals surface area contributed by atoms with E-state index in [0.29, 0.717) is 0 Å². The molecule has 1 amide bonds. The third-order valence-electron chi connectivity index (χ3n) is 2.17. The van der Waals surface area contributed by atoms with Gasteiger partial charge in [-0.3, -0.25) is 4.79 Å². The Morgan fingerprint density at radius 1 is 1.44 bits per heavy atom. The average molecular weight is 235 g/mol. The minimum atomic E-state index is -5.04. The minimum Gasteiger partial charge on any atom is -0.262 e. The third kappa shape index (κ3) is 1.70. The fourth-order valence-electron chi connectivity index (χ4n) is 1.43. The predicted octanol–water partition coefficient (Wildman–Crippen LogP) is 2.27. The molecule has 16 heavy (non-hydrogen) atoms. The van der Waals surface area contributed by atoms with E-state index in [1.165, 1.54) is 6.08 Å². The highest BCUT2D eigenvalue weighted by molar-refractivity contribution is 5.82. The number of fused-ring (bicyclic) bond motifs is 1. The molecule has 0 radical (unpaired) electrons. The summed E-state index contributed by atoms with van der Waals surface area (Å²) in [7, 11) is 0. The van der Waals surface area contributed by atoms with Crippen LogP contribution in [-0.2, 0) is 4.79 Å². The van der Waals surface area contributed by atoms with Gasteiger partial charge in [-0.05, 0) is 12.2 Å². The molecule has 0 aromatic carbocycles. The Hall–Kier alpha value is -1.73. The molecule has 0 fully saturated rings. The number of carbonyl (C=O) groups excluding carboxylic acids is 1. The van der Waals surface area contributed by atoms with Crippen molar-refractivity contribution >= 4 is 5.91 Å². The number of hydrogen-bond acceptors (Lipinski definition) is 3. The van der Waals surface area contributed by atoms with Crippen molar-refractivity contribution in [1.82, 2.24) is 5.01 Å². The molecule has 0 N–H and O–H groups in total. The standard InChI is InChI=1S/C8H5F4N3O/c9-4-1-2-5-6(3-4)15(14-13-5)7(16)8(10,11)12/h1-2,6H,3H2. The summed E-state index contributed by atoms with van der Waals surface area (Å²) >= 11 is 0. The number of carbonyl (C=O) groups is 1. The molecule has 0 aromatic heterocycles. The van der Waals surface area contributed by atoms with Crippen molar-refractivity contribution < 1.29 is 22.4 Å². The quantitative estimate of drug-likeness (QED) is 0.594.